The number of carbonyl (C=O) groups is 3. The minimum Gasteiger partial charge on any atom is -0.483 e. The first-order chi connectivity index (χ1) is 13.3. The van der Waals surface area contributed by atoms with Crippen molar-refractivity contribution < 1.29 is 28.6 Å². The number of hydrogen-bond acceptors (Lipinski definition) is 4. The maximum absolute atomic E-state index is 13.6. The number of anilines is 1. The number of carbonyl (C=O) groups excluding carboxylic acids is 2. The van der Waals surface area contributed by atoms with Crippen molar-refractivity contribution in [1.29, 1.82) is 0 Å². The molecular weight excluding hydrogens is 367 g/mol. The maximum Gasteiger partial charge on any atom is 0.308 e. The number of benzene rings is 2. The molecule has 0 spiro atoms. The molecule has 2 atom stereocenters. The molecule has 2 amide bonds. The summed E-state index contributed by atoms with van der Waals surface area (Å²) < 4.78 is 19.0. The van der Waals surface area contributed by atoms with E-state index in [1.807, 2.05) is 0 Å². The van der Waals surface area contributed by atoms with Crippen LogP contribution in [0.15, 0.2) is 48.5 Å². The molecule has 0 saturated heterocycles. The normalized spacial score (nSPS) is 12.5. The Morgan fingerprint density at radius 2 is 1.71 bits per heavy atom. The van der Waals surface area contributed by atoms with E-state index in [9.17, 15) is 18.8 Å². The first-order valence-electron chi connectivity index (χ1n) is 8.59. The molecule has 7 nitrogen and oxygen atoms in total. The van der Waals surface area contributed by atoms with Crippen LogP contribution in [0.2, 0.25) is 0 Å². The standard InChI is InChI=1S/C20H21FN2O5/c1-12(20(26)27)13(2)22-19(25)14-7-3-6-10-17(14)28-11-18(24)23-16-9-5-4-8-15(16)21/h3-10,12-13H,11H2,1-2H3,(H,22,25)(H,23,24)(H,26,27). The van der Waals surface area contributed by atoms with Crippen LogP contribution in [0.1, 0.15) is 24.2 Å². The number of hydrogen-bond donors (Lipinski definition) is 3. The van der Waals surface area contributed by atoms with Crippen molar-refractivity contribution in [3.05, 3.63) is 59.9 Å². The topological polar surface area (TPSA) is 105 Å². The van der Waals surface area contributed by atoms with Crippen molar-refractivity contribution in [3.8, 4) is 5.75 Å². The van der Waals surface area contributed by atoms with Crippen molar-refractivity contribution >= 4 is 23.5 Å². The molecule has 0 aliphatic carbocycles. The molecule has 0 aliphatic heterocycles. The smallest absolute Gasteiger partial charge is 0.308 e. The summed E-state index contributed by atoms with van der Waals surface area (Å²) in [6.45, 7) is 2.64. The van der Waals surface area contributed by atoms with E-state index in [1.165, 1.54) is 37.3 Å². The van der Waals surface area contributed by atoms with Gasteiger partial charge in [-0.25, -0.2) is 4.39 Å². The number of aliphatic carboxylic acids is 1. The Labute approximate surface area is 161 Å². The average Bonchev–Trinajstić information content (AvgIpc) is 2.67. The van der Waals surface area contributed by atoms with Crippen molar-refractivity contribution in [2.75, 3.05) is 11.9 Å². The maximum atomic E-state index is 13.6. The quantitative estimate of drug-likeness (QED) is 0.645. The van der Waals surface area contributed by atoms with Gasteiger partial charge in [-0.3, -0.25) is 14.4 Å². The first-order valence-corrected chi connectivity index (χ1v) is 8.59. The zero-order chi connectivity index (χ0) is 20.7. The lowest BCUT2D eigenvalue weighted by Crippen LogP contribution is -2.40. The third-order valence-corrected chi connectivity index (χ3v) is 4.14. The fourth-order valence-electron chi connectivity index (χ4n) is 2.30. The van der Waals surface area contributed by atoms with Crippen LogP contribution in [0.25, 0.3) is 0 Å². The zero-order valence-corrected chi connectivity index (χ0v) is 15.4. The summed E-state index contributed by atoms with van der Waals surface area (Å²) in [4.78, 5) is 35.5. The number of carboxylic acids is 1. The van der Waals surface area contributed by atoms with Gasteiger partial charge in [-0.2, -0.15) is 0 Å². The van der Waals surface area contributed by atoms with Crippen LogP contribution < -0.4 is 15.4 Å². The number of nitrogens with one attached hydrogen (secondary N) is 2. The second-order valence-electron chi connectivity index (χ2n) is 6.20. The monoisotopic (exact) mass is 388 g/mol. The molecule has 2 aromatic carbocycles. The Balaban J connectivity index is 2.01. The van der Waals surface area contributed by atoms with Gasteiger partial charge >= 0.3 is 5.97 Å². The van der Waals surface area contributed by atoms with Gasteiger partial charge in [0.1, 0.15) is 11.6 Å². The molecule has 2 unspecified atom stereocenters. The summed E-state index contributed by atoms with van der Waals surface area (Å²) in [6.07, 6.45) is 0. The molecule has 8 heteroatoms. The predicted molar refractivity (Wildman–Crippen MR) is 101 cm³/mol. The molecule has 28 heavy (non-hydrogen) atoms. The van der Waals surface area contributed by atoms with Crippen molar-refractivity contribution in [1.82, 2.24) is 5.32 Å². The summed E-state index contributed by atoms with van der Waals surface area (Å²) in [7, 11) is 0. The lowest BCUT2D eigenvalue weighted by molar-refractivity contribution is -0.141. The first kappa shape index (κ1) is 20.9. The fourth-order valence-corrected chi connectivity index (χ4v) is 2.30. The van der Waals surface area contributed by atoms with Gasteiger partial charge in [-0.15, -0.1) is 0 Å². The van der Waals surface area contributed by atoms with E-state index in [0.717, 1.165) is 0 Å². The molecule has 2 aromatic rings. The van der Waals surface area contributed by atoms with Gasteiger partial charge in [0.15, 0.2) is 6.61 Å². The molecule has 0 saturated carbocycles. The van der Waals surface area contributed by atoms with Crippen molar-refractivity contribution in [3.63, 3.8) is 0 Å². The van der Waals surface area contributed by atoms with E-state index in [-0.39, 0.29) is 17.0 Å². The van der Waals surface area contributed by atoms with Gasteiger partial charge in [-0.05, 0) is 38.1 Å². The summed E-state index contributed by atoms with van der Waals surface area (Å²) in [5, 5.41) is 14.0. The second kappa shape index (κ2) is 9.50. The molecule has 0 aromatic heterocycles. The van der Waals surface area contributed by atoms with E-state index in [4.69, 9.17) is 9.84 Å². The van der Waals surface area contributed by atoms with Crippen LogP contribution in [0.3, 0.4) is 0 Å². The number of halogens is 1. The Bertz CT molecular complexity index is 871. The number of amides is 2. The highest BCUT2D eigenvalue weighted by atomic mass is 19.1. The highest BCUT2D eigenvalue weighted by Gasteiger charge is 2.23. The third kappa shape index (κ3) is 5.54. The van der Waals surface area contributed by atoms with E-state index in [0.29, 0.717) is 0 Å². The van der Waals surface area contributed by atoms with E-state index < -0.39 is 42.2 Å². The fraction of sp³-hybridized carbons (Fsp3) is 0.250. The molecule has 2 rings (SSSR count). The van der Waals surface area contributed by atoms with Gasteiger partial charge in [0, 0.05) is 6.04 Å². The Morgan fingerprint density at radius 3 is 2.39 bits per heavy atom. The number of carboxylic acid groups (broad SMARTS) is 1. The van der Waals surface area contributed by atoms with Gasteiger partial charge in [0.2, 0.25) is 0 Å². The summed E-state index contributed by atoms with van der Waals surface area (Å²) in [5.74, 6) is -3.33. The van der Waals surface area contributed by atoms with Gasteiger partial charge in [0.05, 0.1) is 17.2 Å². The molecule has 3 N–H and O–H groups in total. The minimum absolute atomic E-state index is 0.0265. The SMILES string of the molecule is CC(NC(=O)c1ccccc1OCC(=O)Nc1ccccc1F)C(C)C(=O)O. The summed E-state index contributed by atoms with van der Waals surface area (Å²) >= 11 is 0. The van der Waals surface area contributed by atoms with Crippen LogP contribution in [0, 0.1) is 11.7 Å². The van der Waals surface area contributed by atoms with Crippen LogP contribution in [0.5, 0.6) is 5.75 Å². The van der Waals surface area contributed by atoms with Gasteiger partial charge in [-0.1, -0.05) is 24.3 Å². The van der Waals surface area contributed by atoms with Crippen LogP contribution in [-0.4, -0.2) is 35.5 Å². The lowest BCUT2D eigenvalue weighted by Gasteiger charge is -2.19. The Hall–Kier alpha value is -3.42. The number of rotatable bonds is 8. The Morgan fingerprint density at radius 1 is 1.07 bits per heavy atom. The Kier molecular flexibility index (Phi) is 7.08. The van der Waals surface area contributed by atoms with Crippen LogP contribution >= 0.6 is 0 Å². The van der Waals surface area contributed by atoms with E-state index in [2.05, 4.69) is 10.6 Å². The molecule has 148 valence electrons. The number of ether oxygens (including phenoxy) is 1. The van der Waals surface area contributed by atoms with Crippen molar-refractivity contribution in [2.24, 2.45) is 5.92 Å². The van der Waals surface area contributed by atoms with E-state index in [1.54, 1.807) is 25.1 Å². The molecule has 0 aliphatic rings. The second-order valence-corrected chi connectivity index (χ2v) is 6.20. The minimum atomic E-state index is -1.03. The molecule has 0 radical (unpaired) electrons. The van der Waals surface area contributed by atoms with E-state index >= 15 is 0 Å². The molecule has 0 bridgehead atoms. The zero-order valence-electron chi connectivity index (χ0n) is 15.4. The highest BCUT2D eigenvalue weighted by Crippen LogP contribution is 2.19. The van der Waals surface area contributed by atoms with Crippen molar-refractivity contribution in [2.45, 2.75) is 19.9 Å². The predicted octanol–water partition coefficient (Wildman–Crippen LogP) is 2.68. The average molecular weight is 388 g/mol. The van der Waals surface area contributed by atoms with Gasteiger partial charge < -0.3 is 20.5 Å². The molecule has 0 heterocycles. The largest absolute Gasteiger partial charge is 0.483 e. The summed E-state index contributed by atoms with van der Waals surface area (Å²) in [5.41, 5.74) is 0.184. The number of para-hydroxylation sites is 2. The molecular formula is C20H21FN2O5. The lowest BCUT2D eigenvalue weighted by atomic mass is 10.0. The van der Waals surface area contributed by atoms with Crippen LogP contribution in [-0.2, 0) is 9.59 Å². The van der Waals surface area contributed by atoms with Gasteiger partial charge in [0.25, 0.3) is 11.8 Å². The summed E-state index contributed by atoms with van der Waals surface area (Å²) in [6, 6.07) is 11.4. The van der Waals surface area contributed by atoms with Crippen LogP contribution in [0.4, 0.5) is 10.1 Å². The molecule has 0 fully saturated rings. The highest BCUT2D eigenvalue weighted by molar-refractivity contribution is 5.97. The third-order valence-electron chi connectivity index (χ3n) is 4.14.